The summed E-state index contributed by atoms with van der Waals surface area (Å²) in [6.07, 6.45) is 2.32. The minimum Gasteiger partial charge on any atom is -0.336 e. The number of aromatic nitrogens is 3. The van der Waals surface area contributed by atoms with E-state index in [4.69, 9.17) is 23.2 Å². The molecule has 0 amide bonds. The van der Waals surface area contributed by atoms with Gasteiger partial charge in [-0.3, -0.25) is 0 Å². The lowest BCUT2D eigenvalue weighted by Crippen LogP contribution is -2.06. The van der Waals surface area contributed by atoms with Crippen LogP contribution in [0, 0.1) is 12.7 Å². The molecule has 3 rings (SSSR count). The molecule has 0 aliphatic carbocycles. The molecule has 1 N–H and O–H groups in total. The molecule has 3 aromatic rings. The van der Waals surface area contributed by atoms with Crippen LogP contribution in [0.2, 0.25) is 10.0 Å². The van der Waals surface area contributed by atoms with Crippen molar-refractivity contribution in [1.29, 1.82) is 0 Å². The van der Waals surface area contributed by atoms with Crippen LogP contribution < -0.4 is 5.32 Å². The van der Waals surface area contributed by atoms with Crippen LogP contribution in [0.3, 0.4) is 0 Å². The Kier molecular flexibility index (Phi) is 4.52. The fraction of sp³-hybridized carbons (Fsp3) is 0.133. The van der Waals surface area contributed by atoms with Crippen LogP contribution in [0.5, 0.6) is 0 Å². The molecular formula is C15H11Cl2FN4O2S. The van der Waals surface area contributed by atoms with Crippen LogP contribution in [0.15, 0.2) is 29.6 Å². The van der Waals surface area contributed by atoms with Crippen molar-refractivity contribution >= 4 is 55.6 Å². The first-order valence-corrected chi connectivity index (χ1v) is 9.56. The molecule has 0 atom stereocenters. The average molecular weight is 401 g/mol. The SMILES string of the molecule is Cc1cc2ncnc(Nc3ccc(Cl)c(Cl)c3F)c2nc1S(C)(=O)=O. The Morgan fingerprint density at radius 3 is 2.60 bits per heavy atom. The van der Waals surface area contributed by atoms with Crippen LogP contribution >= 0.6 is 23.2 Å². The van der Waals surface area contributed by atoms with Gasteiger partial charge < -0.3 is 5.32 Å². The van der Waals surface area contributed by atoms with Gasteiger partial charge in [-0.2, -0.15) is 0 Å². The van der Waals surface area contributed by atoms with Gasteiger partial charge in [0.2, 0.25) is 0 Å². The lowest BCUT2D eigenvalue weighted by molar-refractivity contribution is 0.598. The summed E-state index contributed by atoms with van der Waals surface area (Å²) in [5.74, 6) is -0.608. The molecule has 2 aromatic heterocycles. The van der Waals surface area contributed by atoms with Gasteiger partial charge in [-0.25, -0.2) is 27.8 Å². The van der Waals surface area contributed by atoms with E-state index in [0.717, 1.165) is 6.26 Å². The number of fused-ring (bicyclic) bond motifs is 1. The zero-order chi connectivity index (χ0) is 18.4. The van der Waals surface area contributed by atoms with Gasteiger partial charge in [0.15, 0.2) is 26.5 Å². The number of hydrogen-bond acceptors (Lipinski definition) is 6. The van der Waals surface area contributed by atoms with Gasteiger partial charge in [0, 0.05) is 6.26 Å². The monoisotopic (exact) mass is 400 g/mol. The molecule has 0 bridgehead atoms. The van der Waals surface area contributed by atoms with Crippen LogP contribution in [0.1, 0.15) is 5.56 Å². The van der Waals surface area contributed by atoms with Gasteiger partial charge in [-0.1, -0.05) is 23.2 Å². The molecular weight excluding hydrogens is 390 g/mol. The van der Waals surface area contributed by atoms with Crippen LogP contribution in [-0.2, 0) is 9.84 Å². The Bertz CT molecular complexity index is 1110. The van der Waals surface area contributed by atoms with Crippen molar-refractivity contribution in [2.75, 3.05) is 11.6 Å². The molecule has 10 heteroatoms. The van der Waals surface area contributed by atoms with E-state index in [0.29, 0.717) is 11.1 Å². The second kappa shape index (κ2) is 6.36. The minimum atomic E-state index is -3.54. The molecule has 0 fully saturated rings. The highest BCUT2D eigenvalue weighted by atomic mass is 35.5. The van der Waals surface area contributed by atoms with Gasteiger partial charge in [0.25, 0.3) is 0 Å². The van der Waals surface area contributed by atoms with E-state index in [1.807, 2.05) is 0 Å². The summed E-state index contributed by atoms with van der Waals surface area (Å²) in [6, 6.07) is 4.40. The molecule has 1 aromatic carbocycles. The first-order chi connectivity index (χ1) is 11.7. The summed E-state index contributed by atoms with van der Waals surface area (Å²) >= 11 is 11.6. The number of sulfone groups is 1. The van der Waals surface area contributed by atoms with E-state index in [9.17, 15) is 12.8 Å². The quantitative estimate of drug-likeness (QED) is 0.670. The number of rotatable bonds is 3. The summed E-state index contributed by atoms with van der Waals surface area (Å²) in [6.45, 7) is 1.62. The Hall–Kier alpha value is -2.03. The Labute approximate surface area is 153 Å². The van der Waals surface area contributed by atoms with Crippen LogP contribution in [0.4, 0.5) is 15.9 Å². The molecule has 2 heterocycles. The van der Waals surface area contributed by atoms with Crippen LogP contribution in [0.25, 0.3) is 11.0 Å². The first kappa shape index (κ1) is 17.8. The summed E-state index contributed by atoms with van der Waals surface area (Å²) in [5.41, 5.74) is 1.10. The van der Waals surface area contributed by atoms with Crippen molar-refractivity contribution < 1.29 is 12.8 Å². The first-order valence-electron chi connectivity index (χ1n) is 6.91. The van der Waals surface area contributed by atoms with Crippen molar-refractivity contribution in [1.82, 2.24) is 15.0 Å². The maximum absolute atomic E-state index is 14.2. The molecule has 130 valence electrons. The van der Waals surface area contributed by atoms with E-state index in [1.165, 1.54) is 18.5 Å². The molecule has 0 aliphatic rings. The van der Waals surface area contributed by atoms with Crippen LogP contribution in [-0.4, -0.2) is 29.6 Å². The number of halogens is 3. The Morgan fingerprint density at radius 1 is 1.20 bits per heavy atom. The van der Waals surface area contributed by atoms with Gasteiger partial charge in [-0.05, 0) is 30.7 Å². The van der Waals surface area contributed by atoms with E-state index in [-0.39, 0.29) is 32.1 Å². The molecule has 0 unspecified atom stereocenters. The maximum atomic E-state index is 14.2. The van der Waals surface area contributed by atoms with Crippen molar-refractivity contribution in [3.63, 3.8) is 0 Å². The molecule has 25 heavy (non-hydrogen) atoms. The predicted octanol–water partition coefficient (Wildman–Crippen LogP) is 3.93. The number of benzene rings is 1. The van der Waals surface area contributed by atoms with Crippen molar-refractivity contribution in [3.8, 4) is 0 Å². The number of pyridine rings is 1. The van der Waals surface area contributed by atoms with Crippen molar-refractivity contribution in [2.45, 2.75) is 11.9 Å². The smallest absolute Gasteiger partial charge is 0.193 e. The zero-order valence-corrected chi connectivity index (χ0v) is 15.3. The number of nitrogens with zero attached hydrogens (tertiary/aromatic N) is 3. The summed E-state index contributed by atoms with van der Waals surface area (Å²) in [5, 5.41) is 2.51. The topological polar surface area (TPSA) is 84.8 Å². The van der Waals surface area contributed by atoms with Gasteiger partial charge in [0.1, 0.15) is 11.8 Å². The third-order valence-electron chi connectivity index (χ3n) is 3.39. The lowest BCUT2D eigenvalue weighted by atomic mass is 10.2. The Morgan fingerprint density at radius 2 is 1.92 bits per heavy atom. The highest BCUT2D eigenvalue weighted by molar-refractivity contribution is 7.90. The standard InChI is InChI=1S/C15H11Cl2FN4O2S/c1-7-5-10-13(22-15(7)25(2,23)24)14(20-6-19-10)21-9-4-3-8(16)11(17)12(9)18/h3-6H,1-2H3,(H,19,20,21). The summed E-state index contributed by atoms with van der Waals surface area (Å²) in [7, 11) is -3.54. The zero-order valence-electron chi connectivity index (χ0n) is 13.0. The average Bonchev–Trinajstić information content (AvgIpc) is 2.54. The Balaban J connectivity index is 2.19. The second-order valence-corrected chi connectivity index (χ2v) is 8.04. The molecule has 0 aliphatic heterocycles. The summed E-state index contributed by atoms with van der Waals surface area (Å²) in [4.78, 5) is 12.3. The highest BCUT2D eigenvalue weighted by Gasteiger charge is 2.18. The van der Waals surface area contributed by atoms with E-state index in [2.05, 4.69) is 20.3 Å². The van der Waals surface area contributed by atoms with E-state index in [1.54, 1.807) is 13.0 Å². The van der Waals surface area contributed by atoms with Gasteiger partial charge >= 0.3 is 0 Å². The van der Waals surface area contributed by atoms with Crippen molar-refractivity contribution in [2.24, 2.45) is 0 Å². The van der Waals surface area contributed by atoms with Gasteiger partial charge in [0.05, 0.1) is 21.2 Å². The van der Waals surface area contributed by atoms with E-state index >= 15 is 0 Å². The highest BCUT2D eigenvalue weighted by Crippen LogP contribution is 2.32. The largest absolute Gasteiger partial charge is 0.336 e. The maximum Gasteiger partial charge on any atom is 0.193 e. The fourth-order valence-corrected chi connectivity index (χ4v) is 3.49. The third kappa shape index (κ3) is 3.37. The van der Waals surface area contributed by atoms with Crippen molar-refractivity contribution in [3.05, 3.63) is 46.0 Å². The molecule has 6 nitrogen and oxygen atoms in total. The number of nitrogens with one attached hydrogen (secondary N) is 1. The normalized spacial score (nSPS) is 11.7. The third-order valence-corrected chi connectivity index (χ3v) is 5.29. The number of aryl methyl sites for hydroxylation is 1. The lowest BCUT2D eigenvalue weighted by Gasteiger charge is -2.11. The molecule has 0 spiro atoms. The van der Waals surface area contributed by atoms with Gasteiger partial charge in [-0.15, -0.1) is 0 Å². The predicted molar refractivity (Wildman–Crippen MR) is 94.9 cm³/mol. The number of anilines is 2. The molecule has 0 saturated carbocycles. The second-order valence-electron chi connectivity index (χ2n) is 5.32. The summed E-state index contributed by atoms with van der Waals surface area (Å²) < 4.78 is 38.0. The molecule has 0 radical (unpaired) electrons. The molecule has 0 saturated heterocycles. The number of hydrogen-bond donors (Lipinski definition) is 1. The fourth-order valence-electron chi connectivity index (χ4n) is 2.28. The van der Waals surface area contributed by atoms with E-state index < -0.39 is 15.7 Å². The minimum absolute atomic E-state index is 0.0256.